The average Bonchev–Trinajstić information content (AvgIpc) is 2.98. The molecule has 2 aliphatic carbocycles. The van der Waals surface area contributed by atoms with Gasteiger partial charge in [-0.1, -0.05) is 6.42 Å². The molecule has 1 aromatic heterocycles. The van der Waals surface area contributed by atoms with Crippen LogP contribution < -0.4 is 10.0 Å². The van der Waals surface area contributed by atoms with Crippen LogP contribution in [-0.2, 0) is 16.6 Å². The largest absolute Gasteiger partial charge is 0.309 e. The summed E-state index contributed by atoms with van der Waals surface area (Å²) in [6.07, 6.45) is 5.51. The SMILES string of the molecule is O=S(=O)(NC1CCC1)c1ccsc1CNC1CC1. The number of thiophene rings is 1. The van der Waals surface area contributed by atoms with Crippen LogP contribution >= 0.6 is 11.3 Å². The van der Waals surface area contributed by atoms with Gasteiger partial charge in [-0.3, -0.25) is 0 Å². The van der Waals surface area contributed by atoms with E-state index >= 15 is 0 Å². The molecule has 2 fully saturated rings. The van der Waals surface area contributed by atoms with Gasteiger partial charge >= 0.3 is 0 Å². The fourth-order valence-corrected chi connectivity index (χ4v) is 4.73. The highest BCUT2D eigenvalue weighted by Gasteiger charge is 2.27. The van der Waals surface area contributed by atoms with E-state index in [0.29, 0.717) is 17.5 Å². The standard InChI is InChI=1S/C12H18N2O2S2/c15-18(16,14-10-2-1-3-10)12-6-7-17-11(12)8-13-9-4-5-9/h6-7,9-10,13-14H,1-5,8H2. The first kappa shape index (κ1) is 12.6. The maximum Gasteiger partial charge on any atom is 0.241 e. The van der Waals surface area contributed by atoms with Crippen LogP contribution in [0.4, 0.5) is 0 Å². The minimum absolute atomic E-state index is 0.152. The fourth-order valence-electron chi connectivity index (χ4n) is 2.03. The Bertz CT molecular complexity index is 516. The molecule has 2 aliphatic rings. The quantitative estimate of drug-likeness (QED) is 0.839. The Morgan fingerprint density at radius 3 is 2.61 bits per heavy atom. The Morgan fingerprint density at radius 1 is 1.22 bits per heavy atom. The van der Waals surface area contributed by atoms with Crippen molar-refractivity contribution >= 4 is 21.4 Å². The highest BCUT2D eigenvalue weighted by Crippen LogP contribution is 2.27. The van der Waals surface area contributed by atoms with Gasteiger partial charge in [0.25, 0.3) is 0 Å². The summed E-state index contributed by atoms with van der Waals surface area (Å²) in [6.45, 7) is 0.670. The molecule has 0 unspecified atom stereocenters. The van der Waals surface area contributed by atoms with Gasteiger partial charge < -0.3 is 5.32 Å². The summed E-state index contributed by atoms with van der Waals surface area (Å²) in [5, 5.41) is 5.23. The molecule has 0 bridgehead atoms. The molecule has 0 aliphatic heterocycles. The van der Waals surface area contributed by atoms with Crippen molar-refractivity contribution in [3.63, 3.8) is 0 Å². The molecule has 0 saturated heterocycles. The molecule has 0 amide bonds. The van der Waals surface area contributed by atoms with Crippen molar-refractivity contribution in [2.75, 3.05) is 0 Å². The first-order valence-electron chi connectivity index (χ1n) is 6.47. The third-order valence-electron chi connectivity index (χ3n) is 3.55. The average molecular weight is 286 g/mol. The van der Waals surface area contributed by atoms with Crippen molar-refractivity contribution in [2.45, 2.75) is 55.6 Å². The maximum atomic E-state index is 12.2. The lowest BCUT2D eigenvalue weighted by atomic mass is 9.94. The minimum Gasteiger partial charge on any atom is -0.309 e. The molecule has 2 saturated carbocycles. The molecule has 18 heavy (non-hydrogen) atoms. The zero-order chi connectivity index (χ0) is 12.6. The third-order valence-corrected chi connectivity index (χ3v) is 6.20. The lowest BCUT2D eigenvalue weighted by molar-refractivity contribution is 0.383. The van der Waals surface area contributed by atoms with Crippen LogP contribution in [0, 0.1) is 0 Å². The molecule has 3 rings (SSSR count). The lowest BCUT2D eigenvalue weighted by Crippen LogP contribution is -2.39. The van der Waals surface area contributed by atoms with Crippen molar-refractivity contribution in [2.24, 2.45) is 0 Å². The van der Waals surface area contributed by atoms with Crippen LogP contribution in [0.1, 0.15) is 37.0 Å². The molecular formula is C12H18N2O2S2. The predicted molar refractivity (Wildman–Crippen MR) is 72.1 cm³/mol. The second-order valence-electron chi connectivity index (χ2n) is 5.11. The third kappa shape index (κ3) is 2.77. The molecule has 0 atom stereocenters. The number of rotatable bonds is 6. The molecular weight excluding hydrogens is 268 g/mol. The van der Waals surface area contributed by atoms with Gasteiger partial charge in [-0.15, -0.1) is 11.3 Å². The second-order valence-corrected chi connectivity index (χ2v) is 7.80. The summed E-state index contributed by atoms with van der Waals surface area (Å²) in [4.78, 5) is 1.39. The summed E-state index contributed by atoms with van der Waals surface area (Å²) < 4.78 is 27.3. The van der Waals surface area contributed by atoms with Gasteiger partial charge in [0.2, 0.25) is 10.0 Å². The first-order chi connectivity index (χ1) is 8.65. The number of hydrogen-bond acceptors (Lipinski definition) is 4. The van der Waals surface area contributed by atoms with Gasteiger partial charge in [0, 0.05) is 23.5 Å². The van der Waals surface area contributed by atoms with E-state index in [4.69, 9.17) is 0 Å². The number of nitrogens with one attached hydrogen (secondary N) is 2. The van der Waals surface area contributed by atoms with E-state index in [1.165, 1.54) is 24.2 Å². The second kappa shape index (κ2) is 4.92. The Hall–Kier alpha value is -0.430. The Kier molecular flexibility index (Phi) is 3.44. The van der Waals surface area contributed by atoms with Crippen LogP contribution in [0.3, 0.4) is 0 Å². The summed E-state index contributed by atoms with van der Waals surface area (Å²) in [6, 6.07) is 2.47. The van der Waals surface area contributed by atoms with Crippen molar-refractivity contribution in [1.82, 2.24) is 10.0 Å². The summed E-state index contributed by atoms with van der Waals surface area (Å²) >= 11 is 1.52. The van der Waals surface area contributed by atoms with E-state index in [-0.39, 0.29) is 6.04 Å². The van der Waals surface area contributed by atoms with Gasteiger partial charge in [-0.25, -0.2) is 13.1 Å². The highest BCUT2D eigenvalue weighted by molar-refractivity contribution is 7.89. The van der Waals surface area contributed by atoms with Crippen molar-refractivity contribution in [3.8, 4) is 0 Å². The Labute approximate surface area is 112 Å². The molecule has 0 spiro atoms. The zero-order valence-corrected chi connectivity index (χ0v) is 11.8. The van der Waals surface area contributed by atoms with Gasteiger partial charge in [0.15, 0.2) is 0 Å². The molecule has 100 valence electrons. The van der Waals surface area contributed by atoms with E-state index in [2.05, 4.69) is 10.0 Å². The summed E-state index contributed by atoms with van der Waals surface area (Å²) in [5.74, 6) is 0. The van der Waals surface area contributed by atoms with E-state index < -0.39 is 10.0 Å². The fraction of sp³-hybridized carbons (Fsp3) is 0.667. The minimum atomic E-state index is -3.31. The zero-order valence-electron chi connectivity index (χ0n) is 10.2. The van der Waals surface area contributed by atoms with E-state index in [0.717, 1.165) is 24.1 Å². The van der Waals surface area contributed by atoms with E-state index in [1.807, 2.05) is 5.38 Å². The van der Waals surface area contributed by atoms with E-state index in [9.17, 15) is 8.42 Å². The Balaban J connectivity index is 1.70. The highest BCUT2D eigenvalue weighted by atomic mass is 32.2. The van der Waals surface area contributed by atoms with Crippen LogP contribution in [0.25, 0.3) is 0 Å². The van der Waals surface area contributed by atoms with E-state index in [1.54, 1.807) is 6.07 Å². The number of hydrogen-bond donors (Lipinski definition) is 2. The Morgan fingerprint density at radius 2 is 2.00 bits per heavy atom. The van der Waals surface area contributed by atoms with Crippen molar-refractivity contribution in [1.29, 1.82) is 0 Å². The number of sulfonamides is 1. The van der Waals surface area contributed by atoms with Crippen molar-refractivity contribution < 1.29 is 8.42 Å². The molecule has 0 radical (unpaired) electrons. The molecule has 0 aromatic carbocycles. The molecule has 4 nitrogen and oxygen atoms in total. The first-order valence-corrected chi connectivity index (χ1v) is 8.83. The smallest absolute Gasteiger partial charge is 0.241 e. The predicted octanol–water partition coefficient (Wildman–Crippen LogP) is 1.83. The summed E-state index contributed by atoms with van der Waals surface area (Å²) in [5.41, 5.74) is 0. The monoisotopic (exact) mass is 286 g/mol. The molecule has 6 heteroatoms. The maximum absolute atomic E-state index is 12.2. The molecule has 1 aromatic rings. The van der Waals surface area contributed by atoms with Crippen LogP contribution in [-0.4, -0.2) is 20.5 Å². The lowest BCUT2D eigenvalue weighted by Gasteiger charge is -2.26. The van der Waals surface area contributed by atoms with Crippen molar-refractivity contribution in [3.05, 3.63) is 16.3 Å². The van der Waals surface area contributed by atoms with Gasteiger partial charge in [-0.05, 0) is 37.1 Å². The normalized spacial score (nSPS) is 20.9. The van der Waals surface area contributed by atoms with Crippen LogP contribution in [0.15, 0.2) is 16.3 Å². The van der Waals surface area contributed by atoms with Crippen LogP contribution in [0.5, 0.6) is 0 Å². The summed E-state index contributed by atoms with van der Waals surface area (Å²) in [7, 11) is -3.31. The molecule has 2 N–H and O–H groups in total. The van der Waals surface area contributed by atoms with Gasteiger partial charge in [0.1, 0.15) is 0 Å². The topological polar surface area (TPSA) is 58.2 Å². The van der Waals surface area contributed by atoms with Crippen LogP contribution in [0.2, 0.25) is 0 Å². The van der Waals surface area contributed by atoms with Gasteiger partial charge in [0.05, 0.1) is 4.90 Å². The van der Waals surface area contributed by atoms with Gasteiger partial charge in [-0.2, -0.15) is 0 Å². The molecule has 1 heterocycles.